The Morgan fingerprint density at radius 3 is 2.75 bits per heavy atom. The minimum absolute atomic E-state index is 0.0167. The van der Waals surface area contributed by atoms with E-state index in [1.165, 1.54) is 0 Å². The summed E-state index contributed by atoms with van der Waals surface area (Å²) in [6.07, 6.45) is 4.46. The van der Waals surface area contributed by atoms with Gasteiger partial charge in [-0.15, -0.1) is 0 Å². The molecule has 1 aromatic rings. The van der Waals surface area contributed by atoms with E-state index in [4.69, 9.17) is 10.9 Å². The second-order valence-corrected chi connectivity index (χ2v) is 5.65. The third-order valence-corrected chi connectivity index (χ3v) is 4.30. The van der Waals surface area contributed by atoms with E-state index in [0.717, 1.165) is 42.8 Å². The Balaban J connectivity index is 2.00. The fourth-order valence-electron chi connectivity index (χ4n) is 2.62. The van der Waals surface area contributed by atoms with E-state index in [1.807, 2.05) is 12.3 Å². The molecule has 2 heterocycles. The van der Waals surface area contributed by atoms with Crippen LogP contribution in [0.1, 0.15) is 13.3 Å². The molecule has 0 radical (unpaired) electrons. The fourth-order valence-corrected chi connectivity index (χ4v) is 3.12. The summed E-state index contributed by atoms with van der Waals surface area (Å²) in [6, 6.07) is 2.03. The van der Waals surface area contributed by atoms with Crippen LogP contribution >= 0.6 is 15.9 Å². The maximum atomic E-state index is 8.85. The van der Waals surface area contributed by atoms with Crippen molar-refractivity contribution in [2.24, 2.45) is 10.9 Å². The van der Waals surface area contributed by atoms with Gasteiger partial charge in [0.25, 0.3) is 0 Å². The molecule has 0 aromatic carbocycles. The summed E-state index contributed by atoms with van der Waals surface area (Å²) in [5.74, 6) is 0.297. The standard InChI is InChI=1S/C13H20BrN5O/c1-2-11(13(15)17-20)18-5-7-19(8-6-18)12-3-4-16-9-10(12)14/h3-4,9,11,20H,2,5-8H2,1H3,(H2,15,17). The molecule has 2 rings (SSSR count). The lowest BCUT2D eigenvalue weighted by molar-refractivity contribution is 0.216. The molecule has 1 aromatic heterocycles. The van der Waals surface area contributed by atoms with Crippen LogP contribution < -0.4 is 10.6 Å². The molecule has 0 amide bonds. The van der Waals surface area contributed by atoms with Crippen molar-refractivity contribution >= 4 is 27.5 Å². The van der Waals surface area contributed by atoms with E-state index in [2.05, 4.69) is 42.8 Å². The molecule has 1 aliphatic rings. The number of rotatable bonds is 4. The summed E-state index contributed by atoms with van der Waals surface area (Å²) in [6.45, 7) is 5.66. The molecule has 6 nitrogen and oxygen atoms in total. The number of nitrogens with two attached hydrogens (primary N) is 1. The Bertz CT molecular complexity index is 474. The first kappa shape index (κ1) is 15.1. The second kappa shape index (κ2) is 6.90. The van der Waals surface area contributed by atoms with Gasteiger partial charge in [0.15, 0.2) is 5.84 Å². The molecule has 110 valence electrons. The fraction of sp³-hybridized carbons (Fsp3) is 0.538. The van der Waals surface area contributed by atoms with Crippen LogP contribution in [0.4, 0.5) is 5.69 Å². The lowest BCUT2D eigenvalue weighted by Gasteiger charge is -2.39. The van der Waals surface area contributed by atoms with Gasteiger partial charge < -0.3 is 15.8 Å². The molecule has 0 saturated carbocycles. The van der Waals surface area contributed by atoms with Gasteiger partial charge in [0.05, 0.1) is 16.2 Å². The van der Waals surface area contributed by atoms with Gasteiger partial charge in [0.2, 0.25) is 0 Å². The number of nitrogens with zero attached hydrogens (tertiary/aromatic N) is 4. The van der Waals surface area contributed by atoms with E-state index in [1.54, 1.807) is 6.20 Å². The lowest BCUT2D eigenvalue weighted by atomic mass is 10.1. The monoisotopic (exact) mass is 341 g/mol. The zero-order valence-corrected chi connectivity index (χ0v) is 13.1. The highest BCUT2D eigenvalue weighted by molar-refractivity contribution is 9.10. The van der Waals surface area contributed by atoms with E-state index in [-0.39, 0.29) is 6.04 Å². The van der Waals surface area contributed by atoms with Crippen molar-refractivity contribution in [1.29, 1.82) is 0 Å². The molecule has 1 saturated heterocycles. The van der Waals surface area contributed by atoms with Gasteiger partial charge in [-0.3, -0.25) is 9.88 Å². The number of hydrogen-bond donors (Lipinski definition) is 2. The maximum absolute atomic E-state index is 8.85. The highest BCUT2D eigenvalue weighted by atomic mass is 79.9. The SMILES string of the molecule is CCC(/C(N)=N/O)N1CCN(c2ccncc2Br)CC1. The molecular formula is C13H20BrN5O. The van der Waals surface area contributed by atoms with Gasteiger partial charge in [-0.25, -0.2) is 0 Å². The van der Waals surface area contributed by atoms with Crippen LogP contribution in [0.25, 0.3) is 0 Å². The average molecular weight is 342 g/mol. The van der Waals surface area contributed by atoms with Crippen LogP contribution in [0.2, 0.25) is 0 Å². The number of oxime groups is 1. The van der Waals surface area contributed by atoms with Crippen LogP contribution in [0.3, 0.4) is 0 Å². The molecule has 3 N–H and O–H groups in total. The summed E-state index contributed by atoms with van der Waals surface area (Å²) in [7, 11) is 0. The number of aromatic nitrogens is 1. The zero-order chi connectivity index (χ0) is 14.5. The third-order valence-electron chi connectivity index (χ3n) is 3.69. The van der Waals surface area contributed by atoms with Crippen LogP contribution in [0.5, 0.6) is 0 Å². The quantitative estimate of drug-likeness (QED) is 0.375. The Labute approximate surface area is 127 Å². The predicted octanol–water partition coefficient (Wildman–Crippen LogP) is 1.49. The number of anilines is 1. The molecule has 7 heteroatoms. The van der Waals surface area contributed by atoms with Crippen molar-refractivity contribution in [2.45, 2.75) is 19.4 Å². The minimum atomic E-state index is 0.0167. The normalized spacial score (nSPS) is 19.1. The molecule has 0 aliphatic carbocycles. The number of halogens is 1. The van der Waals surface area contributed by atoms with Crippen LogP contribution in [-0.4, -0.2) is 53.1 Å². The van der Waals surface area contributed by atoms with Gasteiger partial charge in [-0.2, -0.15) is 0 Å². The van der Waals surface area contributed by atoms with Crippen molar-refractivity contribution in [1.82, 2.24) is 9.88 Å². The van der Waals surface area contributed by atoms with Gasteiger partial charge in [0.1, 0.15) is 0 Å². The molecule has 1 atom stereocenters. The van der Waals surface area contributed by atoms with Crippen LogP contribution in [-0.2, 0) is 0 Å². The van der Waals surface area contributed by atoms with E-state index >= 15 is 0 Å². The Hall–Kier alpha value is -1.34. The van der Waals surface area contributed by atoms with Gasteiger partial charge >= 0.3 is 0 Å². The predicted molar refractivity (Wildman–Crippen MR) is 83.2 cm³/mol. The largest absolute Gasteiger partial charge is 0.409 e. The smallest absolute Gasteiger partial charge is 0.156 e. The molecule has 1 fully saturated rings. The second-order valence-electron chi connectivity index (χ2n) is 4.80. The summed E-state index contributed by atoms with van der Waals surface area (Å²) in [5.41, 5.74) is 6.92. The molecule has 0 spiro atoms. The number of piperazine rings is 1. The Morgan fingerprint density at radius 2 is 2.20 bits per heavy atom. The first-order valence-electron chi connectivity index (χ1n) is 6.73. The van der Waals surface area contributed by atoms with Crippen molar-refractivity contribution < 1.29 is 5.21 Å². The van der Waals surface area contributed by atoms with Gasteiger partial charge in [-0.05, 0) is 28.4 Å². The maximum Gasteiger partial charge on any atom is 0.156 e. The first-order valence-corrected chi connectivity index (χ1v) is 7.52. The summed E-state index contributed by atoms with van der Waals surface area (Å²) in [5, 5.41) is 12.0. The number of pyridine rings is 1. The van der Waals surface area contributed by atoms with Crippen molar-refractivity contribution in [3.63, 3.8) is 0 Å². The summed E-state index contributed by atoms with van der Waals surface area (Å²) in [4.78, 5) is 8.67. The minimum Gasteiger partial charge on any atom is -0.409 e. The summed E-state index contributed by atoms with van der Waals surface area (Å²) >= 11 is 3.53. The van der Waals surface area contributed by atoms with E-state index < -0.39 is 0 Å². The van der Waals surface area contributed by atoms with Gasteiger partial charge in [0, 0.05) is 38.6 Å². The Kier molecular flexibility index (Phi) is 5.19. The lowest BCUT2D eigenvalue weighted by Crippen LogP contribution is -2.54. The van der Waals surface area contributed by atoms with E-state index in [0.29, 0.717) is 5.84 Å². The Morgan fingerprint density at radius 1 is 1.50 bits per heavy atom. The van der Waals surface area contributed by atoms with E-state index in [9.17, 15) is 0 Å². The molecule has 20 heavy (non-hydrogen) atoms. The van der Waals surface area contributed by atoms with Gasteiger partial charge in [-0.1, -0.05) is 12.1 Å². The highest BCUT2D eigenvalue weighted by Gasteiger charge is 2.26. The van der Waals surface area contributed by atoms with Crippen molar-refractivity contribution in [3.05, 3.63) is 22.9 Å². The number of hydrogen-bond acceptors (Lipinski definition) is 5. The molecule has 0 bridgehead atoms. The average Bonchev–Trinajstić information content (AvgIpc) is 2.49. The molecular weight excluding hydrogens is 322 g/mol. The topological polar surface area (TPSA) is 78.0 Å². The summed E-state index contributed by atoms with van der Waals surface area (Å²) < 4.78 is 1.01. The highest BCUT2D eigenvalue weighted by Crippen LogP contribution is 2.26. The van der Waals surface area contributed by atoms with Crippen molar-refractivity contribution in [3.8, 4) is 0 Å². The molecule has 1 unspecified atom stereocenters. The van der Waals surface area contributed by atoms with Crippen molar-refractivity contribution in [2.75, 3.05) is 31.1 Å². The zero-order valence-electron chi connectivity index (χ0n) is 11.5. The van der Waals surface area contributed by atoms with Crippen LogP contribution in [0, 0.1) is 0 Å². The van der Waals surface area contributed by atoms with Crippen LogP contribution in [0.15, 0.2) is 28.1 Å². The number of amidine groups is 1. The molecule has 1 aliphatic heterocycles. The first-order chi connectivity index (χ1) is 9.67. The third kappa shape index (κ3) is 3.21.